The van der Waals surface area contributed by atoms with E-state index in [-0.39, 0.29) is 12.5 Å². The zero-order valence-electron chi connectivity index (χ0n) is 16.7. The lowest BCUT2D eigenvalue weighted by atomic mass is 10.1. The number of pyridine rings is 1. The van der Waals surface area contributed by atoms with Crippen LogP contribution in [0.3, 0.4) is 0 Å². The molecule has 1 aliphatic heterocycles. The number of para-hydroxylation sites is 1. The van der Waals surface area contributed by atoms with Crippen molar-refractivity contribution in [2.45, 2.75) is 6.92 Å². The highest BCUT2D eigenvalue weighted by Gasteiger charge is 2.27. The summed E-state index contributed by atoms with van der Waals surface area (Å²) < 4.78 is 18.7. The topological polar surface area (TPSA) is 62.7 Å². The Hall–Kier alpha value is -3.48. The number of rotatable bonds is 4. The number of esters is 1. The number of nitrogens with zero attached hydrogens (tertiary/aromatic N) is 3. The van der Waals surface area contributed by atoms with Crippen LogP contribution in [0.1, 0.15) is 27.6 Å². The van der Waals surface area contributed by atoms with Crippen LogP contribution in [0.2, 0.25) is 0 Å². The monoisotopic (exact) mass is 407 g/mol. The predicted octanol–water partition coefficient (Wildman–Crippen LogP) is 3.51. The largest absolute Gasteiger partial charge is 0.462 e. The highest BCUT2D eigenvalue weighted by atomic mass is 19.1. The molecular formula is C23H22FN3O3. The summed E-state index contributed by atoms with van der Waals surface area (Å²) in [4.78, 5) is 33.5. The van der Waals surface area contributed by atoms with Crippen molar-refractivity contribution in [1.29, 1.82) is 0 Å². The fourth-order valence-electron chi connectivity index (χ4n) is 3.76. The number of fused-ring (bicyclic) bond motifs is 1. The second kappa shape index (κ2) is 8.49. The molecule has 2 heterocycles. The van der Waals surface area contributed by atoms with Crippen LogP contribution < -0.4 is 4.90 Å². The van der Waals surface area contributed by atoms with Gasteiger partial charge in [0.25, 0.3) is 5.91 Å². The first-order valence-corrected chi connectivity index (χ1v) is 9.93. The van der Waals surface area contributed by atoms with Crippen LogP contribution in [0.15, 0.2) is 54.7 Å². The summed E-state index contributed by atoms with van der Waals surface area (Å²) in [6, 6.07) is 13.4. The van der Waals surface area contributed by atoms with Crippen LogP contribution in [-0.4, -0.2) is 54.5 Å². The summed E-state index contributed by atoms with van der Waals surface area (Å²) >= 11 is 0. The van der Waals surface area contributed by atoms with Gasteiger partial charge in [-0.05, 0) is 31.2 Å². The lowest BCUT2D eigenvalue weighted by Crippen LogP contribution is -2.49. The molecule has 0 N–H and O–H groups in total. The van der Waals surface area contributed by atoms with Gasteiger partial charge in [0, 0.05) is 43.3 Å². The van der Waals surface area contributed by atoms with Crippen molar-refractivity contribution in [1.82, 2.24) is 9.88 Å². The Kier molecular flexibility index (Phi) is 5.61. The lowest BCUT2D eigenvalue weighted by Gasteiger charge is -2.37. The van der Waals surface area contributed by atoms with Crippen LogP contribution in [-0.2, 0) is 4.74 Å². The summed E-state index contributed by atoms with van der Waals surface area (Å²) in [5.41, 5.74) is 2.32. The molecule has 1 aliphatic rings. The average molecular weight is 407 g/mol. The van der Waals surface area contributed by atoms with E-state index in [0.717, 1.165) is 16.6 Å². The van der Waals surface area contributed by atoms with Crippen molar-refractivity contribution in [2.75, 3.05) is 37.7 Å². The van der Waals surface area contributed by atoms with Crippen LogP contribution in [0.25, 0.3) is 10.9 Å². The molecule has 0 aliphatic carbocycles. The summed E-state index contributed by atoms with van der Waals surface area (Å²) in [5, 5.41) is 0.868. The van der Waals surface area contributed by atoms with Gasteiger partial charge in [-0.25, -0.2) is 9.18 Å². The fourth-order valence-corrected chi connectivity index (χ4v) is 3.76. The molecule has 3 aromatic rings. The van der Waals surface area contributed by atoms with E-state index in [4.69, 9.17) is 4.74 Å². The van der Waals surface area contributed by atoms with Crippen molar-refractivity contribution >= 4 is 28.5 Å². The number of hydrogen-bond donors (Lipinski definition) is 0. The van der Waals surface area contributed by atoms with Crippen LogP contribution in [0, 0.1) is 5.82 Å². The van der Waals surface area contributed by atoms with Crippen molar-refractivity contribution in [3.63, 3.8) is 0 Å². The minimum atomic E-state index is -0.429. The normalized spacial score (nSPS) is 14.1. The maximum Gasteiger partial charge on any atom is 0.341 e. The van der Waals surface area contributed by atoms with Gasteiger partial charge in [0.05, 0.1) is 17.8 Å². The van der Waals surface area contributed by atoms with Crippen molar-refractivity contribution in [2.24, 2.45) is 0 Å². The Morgan fingerprint density at radius 3 is 2.57 bits per heavy atom. The maximum absolute atomic E-state index is 13.5. The summed E-state index contributed by atoms with van der Waals surface area (Å²) in [7, 11) is 0. The van der Waals surface area contributed by atoms with Crippen molar-refractivity contribution in [3.8, 4) is 0 Å². The lowest BCUT2D eigenvalue weighted by molar-refractivity contribution is 0.0525. The standard InChI is InChI=1S/C23H22FN3O3/c1-2-30-23(29)19-15-25-20-9-4-3-8-18(20)21(19)26-10-12-27(13-11-26)22(28)16-6-5-7-17(24)14-16/h3-9,14-15H,2,10-13H2,1H3. The average Bonchev–Trinajstić information content (AvgIpc) is 2.78. The molecule has 1 fully saturated rings. The zero-order valence-corrected chi connectivity index (χ0v) is 16.7. The number of aromatic nitrogens is 1. The van der Waals surface area contributed by atoms with E-state index in [2.05, 4.69) is 9.88 Å². The number of benzene rings is 2. The van der Waals surface area contributed by atoms with Crippen LogP contribution >= 0.6 is 0 Å². The SMILES string of the molecule is CCOC(=O)c1cnc2ccccc2c1N1CCN(C(=O)c2cccc(F)c2)CC1. The zero-order chi connectivity index (χ0) is 21.1. The number of hydrogen-bond acceptors (Lipinski definition) is 5. The van der Waals surface area contributed by atoms with E-state index < -0.39 is 11.8 Å². The second-order valence-electron chi connectivity index (χ2n) is 7.05. The molecular weight excluding hydrogens is 385 g/mol. The smallest absolute Gasteiger partial charge is 0.341 e. The summed E-state index contributed by atoms with van der Waals surface area (Å²) in [6.07, 6.45) is 1.56. The molecule has 30 heavy (non-hydrogen) atoms. The number of amides is 1. The van der Waals surface area contributed by atoms with Gasteiger partial charge in [0.15, 0.2) is 0 Å². The number of anilines is 1. The Bertz CT molecular complexity index is 1090. The van der Waals surface area contributed by atoms with Gasteiger partial charge < -0.3 is 14.5 Å². The molecule has 0 saturated carbocycles. The van der Waals surface area contributed by atoms with E-state index in [1.165, 1.54) is 18.2 Å². The molecule has 0 unspecified atom stereocenters. The van der Waals surface area contributed by atoms with Gasteiger partial charge in [-0.2, -0.15) is 0 Å². The van der Waals surface area contributed by atoms with Gasteiger partial charge in [0.2, 0.25) is 0 Å². The molecule has 6 nitrogen and oxygen atoms in total. The van der Waals surface area contributed by atoms with Gasteiger partial charge >= 0.3 is 5.97 Å². The van der Waals surface area contributed by atoms with Gasteiger partial charge in [-0.1, -0.05) is 24.3 Å². The van der Waals surface area contributed by atoms with Crippen LogP contribution in [0.4, 0.5) is 10.1 Å². The van der Waals surface area contributed by atoms with Gasteiger partial charge in [-0.15, -0.1) is 0 Å². The minimum Gasteiger partial charge on any atom is -0.462 e. The molecule has 1 amide bonds. The van der Waals surface area contributed by atoms with Crippen molar-refractivity contribution in [3.05, 3.63) is 71.7 Å². The molecule has 0 spiro atoms. The third kappa shape index (κ3) is 3.83. The molecule has 1 aromatic heterocycles. The molecule has 0 bridgehead atoms. The first kappa shape index (κ1) is 19.8. The molecule has 7 heteroatoms. The van der Waals surface area contributed by atoms with E-state index in [1.807, 2.05) is 24.3 Å². The number of piperazine rings is 1. The molecule has 1 saturated heterocycles. The molecule has 2 aromatic carbocycles. The molecule has 0 radical (unpaired) electrons. The first-order valence-electron chi connectivity index (χ1n) is 9.93. The molecule has 0 atom stereocenters. The summed E-state index contributed by atoms with van der Waals surface area (Å²) in [5.74, 6) is -1.04. The Morgan fingerprint density at radius 1 is 1.07 bits per heavy atom. The minimum absolute atomic E-state index is 0.195. The first-order chi connectivity index (χ1) is 14.6. The van der Waals surface area contributed by atoms with E-state index >= 15 is 0 Å². The Balaban J connectivity index is 1.60. The highest BCUT2D eigenvalue weighted by Crippen LogP contribution is 2.31. The van der Waals surface area contributed by atoms with E-state index in [9.17, 15) is 14.0 Å². The fraction of sp³-hybridized carbons (Fsp3) is 0.261. The Labute approximate surface area is 173 Å². The van der Waals surface area contributed by atoms with E-state index in [0.29, 0.717) is 37.3 Å². The Morgan fingerprint density at radius 2 is 1.83 bits per heavy atom. The number of halogens is 1. The molecule has 4 rings (SSSR count). The predicted molar refractivity (Wildman–Crippen MR) is 112 cm³/mol. The highest BCUT2D eigenvalue weighted by molar-refractivity contribution is 6.05. The second-order valence-corrected chi connectivity index (χ2v) is 7.05. The third-order valence-electron chi connectivity index (χ3n) is 5.20. The van der Waals surface area contributed by atoms with Crippen molar-refractivity contribution < 1.29 is 18.7 Å². The number of ether oxygens (including phenoxy) is 1. The van der Waals surface area contributed by atoms with Crippen LogP contribution in [0.5, 0.6) is 0 Å². The quantitative estimate of drug-likeness (QED) is 0.620. The molecule has 154 valence electrons. The van der Waals surface area contributed by atoms with Gasteiger partial charge in [0.1, 0.15) is 11.4 Å². The number of carbonyl (C=O) groups is 2. The number of carbonyl (C=O) groups excluding carboxylic acids is 2. The van der Waals surface area contributed by atoms with Gasteiger partial charge in [-0.3, -0.25) is 9.78 Å². The van der Waals surface area contributed by atoms with E-state index in [1.54, 1.807) is 24.1 Å². The summed E-state index contributed by atoms with van der Waals surface area (Å²) in [6.45, 7) is 4.06. The maximum atomic E-state index is 13.5. The third-order valence-corrected chi connectivity index (χ3v) is 5.20.